The van der Waals surface area contributed by atoms with E-state index >= 15 is 0 Å². The maximum Gasteiger partial charge on any atom is 0.326 e. The number of nitrogens with zero attached hydrogens (tertiary/aromatic N) is 1. The van der Waals surface area contributed by atoms with Crippen LogP contribution < -0.4 is 0 Å². The van der Waals surface area contributed by atoms with Crippen molar-refractivity contribution in [1.29, 1.82) is 0 Å². The van der Waals surface area contributed by atoms with Crippen molar-refractivity contribution in [3.8, 4) is 0 Å². The van der Waals surface area contributed by atoms with Crippen LogP contribution in [0.1, 0.15) is 13.8 Å². The SMILES string of the molecule is CC1(C)SCN2COC(=O)[C@H]21. The number of carbonyl (C=O) groups is 1. The van der Waals surface area contributed by atoms with E-state index in [2.05, 4.69) is 18.7 Å². The van der Waals surface area contributed by atoms with Crippen molar-refractivity contribution in [2.24, 2.45) is 0 Å². The molecule has 2 fully saturated rings. The summed E-state index contributed by atoms with van der Waals surface area (Å²) in [5.74, 6) is 0.864. The summed E-state index contributed by atoms with van der Waals surface area (Å²) in [6.07, 6.45) is 0. The second-order valence-corrected chi connectivity index (χ2v) is 5.06. The fourth-order valence-electron chi connectivity index (χ4n) is 1.61. The molecule has 0 aromatic carbocycles. The molecule has 2 heterocycles. The Morgan fingerprint density at radius 1 is 1.73 bits per heavy atom. The van der Waals surface area contributed by atoms with Crippen molar-refractivity contribution in [3.05, 3.63) is 0 Å². The molecule has 0 aliphatic carbocycles. The number of cyclic esters (lactones) is 1. The first-order valence-corrected chi connectivity index (χ1v) is 4.64. The van der Waals surface area contributed by atoms with Crippen LogP contribution in [-0.4, -0.2) is 34.3 Å². The Bertz CT molecular complexity index is 205. The van der Waals surface area contributed by atoms with Crippen LogP contribution in [0.3, 0.4) is 0 Å². The number of fused-ring (bicyclic) bond motifs is 1. The standard InChI is InChI=1S/C7H11NO2S/c1-7(2)5-6(9)10-3-8(5)4-11-7/h5H,3-4H2,1-2H3/t5-/m0/s1. The molecule has 2 saturated heterocycles. The van der Waals surface area contributed by atoms with E-state index in [1.165, 1.54) is 0 Å². The third-order valence-corrected chi connectivity index (χ3v) is 3.65. The quantitative estimate of drug-likeness (QED) is 0.503. The first-order chi connectivity index (χ1) is 5.11. The van der Waals surface area contributed by atoms with E-state index in [-0.39, 0.29) is 16.8 Å². The van der Waals surface area contributed by atoms with Crippen molar-refractivity contribution in [3.63, 3.8) is 0 Å². The van der Waals surface area contributed by atoms with Gasteiger partial charge in [0.25, 0.3) is 0 Å². The third kappa shape index (κ3) is 0.964. The summed E-state index contributed by atoms with van der Waals surface area (Å²) in [6, 6.07) is -0.00694. The highest BCUT2D eigenvalue weighted by atomic mass is 32.2. The van der Waals surface area contributed by atoms with Gasteiger partial charge in [-0.2, -0.15) is 0 Å². The van der Waals surface area contributed by atoms with Crippen LogP contribution in [0.5, 0.6) is 0 Å². The zero-order valence-electron chi connectivity index (χ0n) is 6.66. The van der Waals surface area contributed by atoms with Crippen LogP contribution in [0.2, 0.25) is 0 Å². The van der Waals surface area contributed by atoms with Gasteiger partial charge in [-0.3, -0.25) is 4.79 Å². The summed E-state index contributed by atoms with van der Waals surface area (Å²) in [7, 11) is 0. The van der Waals surface area contributed by atoms with Crippen LogP contribution in [-0.2, 0) is 9.53 Å². The molecule has 0 aromatic heterocycles. The number of thioether (sulfide) groups is 1. The third-order valence-electron chi connectivity index (χ3n) is 2.22. The second-order valence-electron chi connectivity index (χ2n) is 3.46. The average Bonchev–Trinajstić information content (AvgIpc) is 2.38. The van der Waals surface area contributed by atoms with E-state index in [4.69, 9.17) is 4.74 Å². The van der Waals surface area contributed by atoms with Gasteiger partial charge in [0, 0.05) is 10.6 Å². The van der Waals surface area contributed by atoms with E-state index < -0.39 is 0 Å². The number of hydrogen-bond acceptors (Lipinski definition) is 4. The van der Waals surface area contributed by atoms with Crippen molar-refractivity contribution in [2.45, 2.75) is 24.6 Å². The predicted molar refractivity (Wildman–Crippen MR) is 43.1 cm³/mol. The largest absolute Gasteiger partial charge is 0.448 e. The van der Waals surface area contributed by atoms with Gasteiger partial charge in [0.2, 0.25) is 0 Å². The van der Waals surface area contributed by atoms with Gasteiger partial charge < -0.3 is 4.74 Å². The van der Waals surface area contributed by atoms with E-state index in [1.54, 1.807) is 0 Å². The molecule has 4 heteroatoms. The summed E-state index contributed by atoms with van der Waals surface area (Å²) in [5, 5.41) is 0. The molecule has 2 rings (SSSR count). The van der Waals surface area contributed by atoms with Gasteiger partial charge in [0.1, 0.15) is 12.8 Å². The van der Waals surface area contributed by atoms with E-state index in [9.17, 15) is 4.79 Å². The molecule has 11 heavy (non-hydrogen) atoms. The summed E-state index contributed by atoms with van der Waals surface area (Å²) in [4.78, 5) is 13.3. The van der Waals surface area contributed by atoms with Crippen LogP contribution in [0.25, 0.3) is 0 Å². The molecule has 2 aliphatic rings. The lowest BCUT2D eigenvalue weighted by molar-refractivity contribution is -0.139. The molecule has 62 valence electrons. The van der Waals surface area contributed by atoms with Crippen LogP contribution >= 0.6 is 11.8 Å². The maximum atomic E-state index is 11.2. The zero-order valence-corrected chi connectivity index (χ0v) is 7.48. The van der Waals surface area contributed by atoms with Gasteiger partial charge in [-0.1, -0.05) is 0 Å². The molecule has 0 unspecified atom stereocenters. The van der Waals surface area contributed by atoms with Crippen LogP contribution in [0.4, 0.5) is 0 Å². The Kier molecular flexibility index (Phi) is 1.44. The number of carbonyl (C=O) groups excluding carboxylic acids is 1. The number of rotatable bonds is 0. The number of ether oxygens (including phenoxy) is 1. The number of esters is 1. The lowest BCUT2D eigenvalue weighted by Crippen LogP contribution is -2.39. The smallest absolute Gasteiger partial charge is 0.326 e. The highest BCUT2D eigenvalue weighted by molar-refractivity contribution is 8.00. The summed E-state index contributed by atoms with van der Waals surface area (Å²) >= 11 is 1.82. The molecule has 2 aliphatic heterocycles. The maximum absolute atomic E-state index is 11.2. The Balaban J connectivity index is 2.27. The predicted octanol–water partition coefficient (Wildman–Crippen LogP) is 0.654. The Morgan fingerprint density at radius 3 is 3.09 bits per heavy atom. The minimum absolute atomic E-state index is 0.00694. The minimum atomic E-state index is -0.0556. The normalized spacial score (nSPS) is 35.5. The zero-order chi connectivity index (χ0) is 8.06. The summed E-state index contributed by atoms with van der Waals surface area (Å²) in [5.41, 5.74) is 0. The van der Waals surface area contributed by atoms with Crippen molar-refractivity contribution in [2.75, 3.05) is 12.6 Å². The van der Waals surface area contributed by atoms with Gasteiger partial charge in [0.15, 0.2) is 0 Å². The fraction of sp³-hybridized carbons (Fsp3) is 0.857. The molecule has 1 atom stereocenters. The van der Waals surface area contributed by atoms with Gasteiger partial charge in [-0.05, 0) is 13.8 Å². The topological polar surface area (TPSA) is 29.5 Å². The Labute approximate surface area is 70.1 Å². The van der Waals surface area contributed by atoms with Gasteiger partial charge in [0.05, 0.1) is 0 Å². The molecule has 0 radical (unpaired) electrons. The highest BCUT2D eigenvalue weighted by Crippen LogP contribution is 2.41. The van der Waals surface area contributed by atoms with Crippen molar-refractivity contribution < 1.29 is 9.53 Å². The molecular formula is C7H11NO2S. The number of hydrogen-bond donors (Lipinski definition) is 0. The van der Waals surface area contributed by atoms with E-state index in [0.29, 0.717) is 6.73 Å². The molecule has 0 saturated carbocycles. The fourth-order valence-corrected chi connectivity index (χ4v) is 2.74. The molecular weight excluding hydrogens is 162 g/mol. The molecule has 0 aromatic rings. The van der Waals surface area contributed by atoms with Crippen LogP contribution in [0, 0.1) is 0 Å². The molecule has 0 amide bonds. The Hall–Kier alpha value is -0.220. The molecule has 0 spiro atoms. The van der Waals surface area contributed by atoms with Crippen LogP contribution in [0.15, 0.2) is 0 Å². The van der Waals surface area contributed by atoms with E-state index in [1.807, 2.05) is 11.8 Å². The molecule has 0 N–H and O–H groups in total. The van der Waals surface area contributed by atoms with Gasteiger partial charge >= 0.3 is 5.97 Å². The second kappa shape index (κ2) is 2.14. The van der Waals surface area contributed by atoms with Crippen molar-refractivity contribution in [1.82, 2.24) is 4.90 Å². The summed E-state index contributed by atoms with van der Waals surface area (Å²) < 4.78 is 4.96. The first-order valence-electron chi connectivity index (χ1n) is 3.66. The first kappa shape index (κ1) is 7.43. The molecule has 3 nitrogen and oxygen atoms in total. The Morgan fingerprint density at radius 2 is 2.45 bits per heavy atom. The minimum Gasteiger partial charge on any atom is -0.448 e. The highest BCUT2D eigenvalue weighted by Gasteiger charge is 2.50. The lowest BCUT2D eigenvalue weighted by Gasteiger charge is -2.20. The monoisotopic (exact) mass is 173 g/mol. The summed E-state index contributed by atoms with van der Waals surface area (Å²) in [6.45, 7) is 4.67. The van der Waals surface area contributed by atoms with Gasteiger partial charge in [-0.25, -0.2) is 4.90 Å². The van der Waals surface area contributed by atoms with Gasteiger partial charge in [-0.15, -0.1) is 11.8 Å². The van der Waals surface area contributed by atoms with Crippen molar-refractivity contribution >= 4 is 17.7 Å². The molecule has 0 bridgehead atoms. The van der Waals surface area contributed by atoms with E-state index in [0.717, 1.165) is 5.88 Å². The average molecular weight is 173 g/mol. The lowest BCUT2D eigenvalue weighted by atomic mass is 10.0.